The summed E-state index contributed by atoms with van der Waals surface area (Å²) in [6.45, 7) is 0. The summed E-state index contributed by atoms with van der Waals surface area (Å²) in [6.07, 6.45) is 3.10. The van der Waals surface area contributed by atoms with Crippen molar-refractivity contribution in [1.29, 1.82) is 5.26 Å². The van der Waals surface area contributed by atoms with Gasteiger partial charge in [0.1, 0.15) is 17.6 Å². The molecule has 0 fully saturated rings. The number of rotatable bonds is 4. The van der Waals surface area contributed by atoms with Crippen molar-refractivity contribution < 1.29 is 8.42 Å². The molecule has 2 aromatic heterocycles. The highest BCUT2D eigenvalue weighted by atomic mass is 32.2. The molecule has 114 valence electrons. The quantitative estimate of drug-likeness (QED) is 0.774. The molecule has 3 aromatic rings. The number of nitrogens with zero attached hydrogens (tertiary/aromatic N) is 5. The normalized spacial score (nSPS) is 10.9. The number of nitriles is 1. The molecule has 0 amide bonds. The van der Waals surface area contributed by atoms with Crippen molar-refractivity contribution in [2.24, 2.45) is 0 Å². The highest BCUT2D eigenvalue weighted by Crippen LogP contribution is 2.17. The van der Waals surface area contributed by atoms with Crippen LogP contribution < -0.4 is 4.72 Å². The van der Waals surface area contributed by atoms with Crippen LogP contribution in [0, 0.1) is 11.3 Å². The van der Waals surface area contributed by atoms with Crippen LogP contribution in [0.3, 0.4) is 0 Å². The molecule has 2 heterocycles. The Morgan fingerprint density at radius 3 is 2.74 bits per heavy atom. The van der Waals surface area contributed by atoms with Gasteiger partial charge in [-0.15, -0.1) is 5.10 Å². The van der Waals surface area contributed by atoms with Crippen molar-refractivity contribution in [1.82, 2.24) is 20.0 Å². The average molecular weight is 326 g/mol. The van der Waals surface area contributed by atoms with E-state index in [4.69, 9.17) is 5.26 Å². The summed E-state index contributed by atoms with van der Waals surface area (Å²) >= 11 is 0. The Morgan fingerprint density at radius 1 is 1.17 bits per heavy atom. The van der Waals surface area contributed by atoms with E-state index in [2.05, 4.69) is 20.0 Å². The zero-order valence-corrected chi connectivity index (χ0v) is 12.5. The molecule has 1 aromatic carbocycles. The zero-order chi connectivity index (χ0) is 16.3. The van der Waals surface area contributed by atoms with Crippen molar-refractivity contribution >= 4 is 15.8 Å². The van der Waals surface area contributed by atoms with Crippen LogP contribution >= 0.6 is 0 Å². The summed E-state index contributed by atoms with van der Waals surface area (Å²) in [7, 11) is -3.84. The maximum absolute atomic E-state index is 12.4. The number of benzene rings is 1. The molecular formula is C14H10N6O2S. The van der Waals surface area contributed by atoms with E-state index in [1.807, 2.05) is 6.07 Å². The largest absolute Gasteiger partial charge is 0.263 e. The molecule has 0 aliphatic rings. The Hall–Kier alpha value is -3.25. The second-order valence-electron chi connectivity index (χ2n) is 4.47. The maximum Gasteiger partial charge on any atom is 0.263 e. The maximum atomic E-state index is 12.4. The number of nitrogens with one attached hydrogen (secondary N) is 1. The summed E-state index contributed by atoms with van der Waals surface area (Å²) in [6, 6.07) is 12.6. The van der Waals surface area contributed by atoms with E-state index in [-0.39, 0.29) is 16.4 Å². The van der Waals surface area contributed by atoms with Crippen LogP contribution in [0.2, 0.25) is 0 Å². The second-order valence-corrected chi connectivity index (χ2v) is 6.15. The van der Waals surface area contributed by atoms with Gasteiger partial charge in [0.15, 0.2) is 0 Å². The number of sulfonamides is 1. The van der Waals surface area contributed by atoms with Crippen LogP contribution in [0.25, 0.3) is 5.69 Å². The van der Waals surface area contributed by atoms with Gasteiger partial charge in [0.25, 0.3) is 10.0 Å². The van der Waals surface area contributed by atoms with Gasteiger partial charge in [-0.1, -0.05) is 17.3 Å². The predicted molar refractivity (Wildman–Crippen MR) is 81.1 cm³/mol. The van der Waals surface area contributed by atoms with Gasteiger partial charge >= 0.3 is 0 Å². The Labute approximate surface area is 132 Å². The fourth-order valence-corrected chi connectivity index (χ4v) is 2.93. The lowest BCUT2D eigenvalue weighted by atomic mass is 10.3. The standard InChI is InChI=1S/C14H10N6O2S/c15-10-11-3-1-6-14(17-11)18-23(21,22)13-5-2-4-12(9-13)20-8-7-16-19-20/h1-9H,(H,17,18). The first kappa shape index (κ1) is 14.7. The van der Waals surface area contributed by atoms with Crippen LogP contribution in [0.1, 0.15) is 5.69 Å². The minimum atomic E-state index is -3.84. The van der Waals surface area contributed by atoms with Crippen LogP contribution in [-0.2, 0) is 10.0 Å². The van der Waals surface area contributed by atoms with E-state index in [0.717, 1.165) is 0 Å². The fourth-order valence-electron chi connectivity index (χ4n) is 1.89. The number of anilines is 1. The van der Waals surface area contributed by atoms with Crippen LogP contribution in [0.5, 0.6) is 0 Å². The Balaban J connectivity index is 1.94. The molecule has 0 aliphatic carbocycles. The van der Waals surface area contributed by atoms with Gasteiger partial charge < -0.3 is 0 Å². The first-order chi connectivity index (χ1) is 11.1. The van der Waals surface area contributed by atoms with E-state index < -0.39 is 10.0 Å². The monoisotopic (exact) mass is 326 g/mol. The highest BCUT2D eigenvalue weighted by molar-refractivity contribution is 7.92. The number of hydrogen-bond donors (Lipinski definition) is 1. The Morgan fingerprint density at radius 2 is 2.00 bits per heavy atom. The predicted octanol–water partition coefficient (Wildman–Crippen LogP) is 1.33. The molecular weight excluding hydrogens is 316 g/mol. The van der Waals surface area contributed by atoms with E-state index in [0.29, 0.717) is 5.69 Å². The number of pyridine rings is 1. The first-order valence-corrected chi connectivity index (χ1v) is 7.93. The second kappa shape index (κ2) is 5.86. The fraction of sp³-hybridized carbons (Fsp3) is 0. The summed E-state index contributed by atoms with van der Waals surface area (Å²) < 4.78 is 28.7. The van der Waals surface area contributed by atoms with Crippen molar-refractivity contribution in [3.8, 4) is 11.8 Å². The summed E-state index contributed by atoms with van der Waals surface area (Å²) in [5.74, 6) is 0.0789. The molecule has 3 rings (SSSR count). The van der Waals surface area contributed by atoms with Crippen LogP contribution in [-0.4, -0.2) is 28.4 Å². The van der Waals surface area contributed by atoms with Crippen molar-refractivity contribution in [2.75, 3.05) is 4.72 Å². The van der Waals surface area contributed by atoms with Gasteiger partial charge in [-0.2, -0.15) is 5.26 Å². The smallest absolute Gasteiger partial charge is 0.263 e. The minimum absolute atomic E-state index is 0.0506. The SMILES string of the molecule is N#Cc1cccc(NS(=O)(=O)c2cccc(-n3ccnn3)c2)n1. The lowest BCUT2D eigenvalue weighted by molar-refractivity contribution is 0.601. The van der Waals surface area contributed by atoms with Crippen molar-refractivity contribution in [3.05, 3.63) is 60.6 Å². The van der Waals surface area contributed by atoms with Crippen LogP contribution in [0.15, 0.2) is 59.8 Å². The number of aromatic nitrogens is 4. The van der Waals surface area contributed by atoms with E-state index in [1.54, 1.807) is 24.4 Å². The van der Waals surface area contributed by atoms with Crippen LogP contribution in [0.4, 0.5) is 5.82 Å². The Kier molecular flexibility index (Phi) is 3.74. The summed E-state index contributed by atoms with van der Waals surface area (Å²) in [4.78, 5) is 3.95. The van der Waals surface area contributed by atoms with Gasteiger partial charge in [-0.05, 0) is 30.3 Å². The summed E-state index contributed by atoms with van der Waals surface area (Å²) in [5, 5.41) is 16.3. The molecule has 0 spiro atoms. The molecule has 23 heavy (non-hydrogen) atoms. The van der Waals surface area contributed by atoms with Gasteiger partial charge in [-0.25, -0.2) is 18.1 Å². The van der Waals surface area contributed by atoms with Gasteiger partial charge in [0.05, 0.1) is 23.0 Å². The molecule has 0 saturated heterocycles. The zero-order valence-electron chi connectivity index (χ0n) is 11.7. The molecule has 0 aliphatic heterocycles. The Bertz CT molecular complexity index is 977. The van der Waals surface area contributed by atoms with E-state index >= 15 is 0 Å². The third-order valence-corrected chi connectivity index (χ3v) is 4.27. The minimum Gasteiger partial charge on any atom is -0.263 e. The molecule has 9 heteroatoms. The molecule has 0 atom stereocenters. The third kappa shape index (κ3) is 3.17. The molecule has 0 saturated carbocycles. The number of hydrogen-bond acceptors (Lipinski definition) is 6. The van der Waals surface area contributed by atoms with Crippen molar-refractivity contribution in [2.45, 2.75) is 4.90 Å². The van der Waals surface area contributed by atoms with E-state index in [9.17, 15) is 8.42 Å². The molecule has 1 N–H and O–H groups in total. The average Bonchev–Trinajstić information content (AvgIpc) is 3.09. The topological polar surface area (TPSA) is 114 Å². The molecule has 0 unspecified atom stereocenters. The highest BCUT2D eigenvalue weighted by Gasteiger charge is 2.16. The lowest BCUT2D eigenvalue weighted by Gasteiger charge is -2.08. The van der Waals surface area contributed by atoms with Gasteiger partial charge in [0, 0.05) is 0 Å². The van der Waals surface area contributed by atoms with Gasteiger partial charge in [0.2, 0.25) is 0 Å². The molecule has 0 bridgehead atoms. The first-order valence-electron chi connectivity index (χ1n) is 6.45. The lowest BCUT2D eigenvalue weighted by Crippen LogP contribution is -2.14. The van der Waals surface area contributed by atoms with Gasteiger partial charge in [-0.3, -0.25) is 4.72 Å². The van der Waals surface area contributed by atoms with E-state index in [1.165, 1.54) is 35.1 Å². The molecule has 0 radical (unpaired) electrons. The van der Waals surface area contributed by atoms with Crippen molar-refractivity contribution in [3.63, 3.8) is 0 Å². The summed E-state index contributed by atoms with van der Waals surface area (Å²) in [5.41, 5.74) is 0.686. The molecule has 8 nitrogen and oxygen atoms in total. The third-order valence-electron chi connectivity index (χ3n) is 2.92.